The number of aromatic nitrogens is 6. The zero-order valence-corrected chi connectivity index (χ0v) is 18.8. The van der Waals surface area contributed by atoms with E-state index in [-0.39, 0.29) is 45.7 Å². The molecule has 0 atom stereocenters. The van der Waals surface area contributed by atoms with Gasteiger partial charge in [0.15, 0.2) is 17.2 Å². The second-order valence-electron chi connectivity index (χ2n) is 8.31. The van der Waals surface area contributed by atoms with Crippen molar-refractivity contribution in [1.82, 2.24) is 29.5 Å². The molecule has 172 valence electrons. The number of hydrogen-bond acceptors (Lipinski definition) is 9. The van der Waals surface area contributed by atoms with E-state index < -0.39 is 11.4 Å². The van der Waals surface area contributed by atoms with E-state index in [0.29, 0.717) is 16.0 Å². The third-order valence-corrected chi connectivity index (χ3v) is 4.86. The van der Waals surface area contributed by atoms with Gasteiger partial charge in [0.05, 0.1) is 12.3 Å². The van der Waals surface area contributed by atoms with Gasteiger partial charge in [0.1, 0.15) is 17.1 Å². The van der Waals surface area contributed by atoms with Crippen molar-refractivity contribution < 1.29 is 9.53 Å². The van der Waals surface area contributed by atoms with E-state index in [9.17, 15) is 15.2 Å². The summed E-state index contributed by atoms with van der Waals surface area (Å²) in [5.41, 5.74) is 0.694. The van der Waals surface area contributed by atoms with E-state index >= 15 is 0 Å². The third-order valence-electron chi connectivity index (χ3n) is 4.86. The lowest BCUT2D eigenvalue weighted by molar-refractivity contribution is 0.0524. The molecule has 0 aliphatic carbocycles. The number of benzene rings is 1. The van der Waals surface area contributed by atoms with Gasteiger partial charge in [-0.3, -0.25) is 4.85 Å². The minimum absolute atomic E-state index is 0.0424. The fourth-order valence-corrected chi connectivity index (χ4v) is 3.34. The van der Waals surface area contributed by atoms with Gasteiger partial charge >= 0.3 is 5.97 Å². The highest BCUT2D eigenvalue weighted by Crippen LogP contribution is 2.37. The molecule has 3 aromatic heterocycles. The minimum atomic E-state index is -0.730. The molecule has 0 aliphatic heterocycles. The number of carbonyl (C=O) groups excluding carboxylic acids is 1. The Morgan fingerprint density at radius 1 is 1.09 bits per heavy atom. The van der Waals surface area contributed by atoms with Crippen LogP contribution in [0.4, 0.5) is 11.5 Å². The molecule has 0 saturated carbocycles. The molecule has 12 nitrogen and oxygen atoms in total. The lowest BCUT2D eigenvalue weighted by atomic mass is 9.89. The van der Waals surface area contributed by atoms with Crippen molar-refractivity contribution in [3.63, 3.8) is 0 Å². The van der Waals surface area contributed by atoms with Gasteiger partial charge in [-0.15, -0.1) is 25.1 Å². The molecule has 1 aromatic carbocycles. The molecular formula is C21H22N8O4-2. The van der Waals surface area contributed by atoms with Gasteiger partial charge < -0.3 is 19.9 Å². The van der Waals surface area contributed by atoms with Crippen LogP contribution in [0.25, 0.3) is 16.9 Å². The molecule has 0 bridgehead atoms. The fraction of sp³-hybridized carbons (Fsp3) is 0.333. The number of azo groups is 1. The van der Waals surface area contributed by atoms with Gasteiger partial charge in [-0.1, -0.05) is 51.1 Å². The highest BCUT2D eigenvalue weighted by atomic mass is 16.5. The van der Waals surface area contributed by atoms with Gasteiger partial charge in [-0.25, -0.2) is 4.79 Å². The fourth-order valence-electron chi connectivity index (χ4n) is 3.34. The normalized spacial score (nSPS) is 12.2. The summed E-state index contributed by atoms with van der Waals surface area (Å²) in [4.78, 5) is 12.9. The Labute approximate surface area is 188 Å². The lowest BCUT2D eigenvalue weighted by Crippen LogP contribution is -2.18. The second kappa shape index (κ2) is 8.04. The maximum atomic E-state index is 12.7. The predicted octanol–water partition coefficient (Wildman–Crippen LogP) is 4.28. The van der Waals surface area contributed by atoms with E-state index in [1.807, 2.05) is 39.0 Å². The van der Waals surface area contributed by atoms with Crippen LogP contribution < -0.4 is 0 Å². The maximum absolute atomic E-state index is 12.7. The van der Waals surface area contributed by atoms with Crippen LogP contribution in [0.5, 0.6) is 0 Å². The SMILES string of the molecule is CCOC(=O)c1c(C(C)(C)C)nn([O-])c1N=Nc1c(-c2ccccc2)nn2nc(C)n([O-])c12. The standard InChI is InChI=1S/C21H22N8O4/c1-6-33-20(30)14-17(21(3,4)5)26-29(32)18(14)23-22-16-15(13-10-8-7-9-11-13)25-28-19(16)27(31)12(2)24-28/h7-11H,6H2,1-5H3/q-2. The number of fused-ring (bicyclic) bond motifs is 1. The van der Waals surface area contributed by atoms with Crippen LogP contribution >= 0.6 is 0 Å². The molecule has 0 fully saturated rings. The van der Waals surface area contributed by atoms with Crippen molar-refractivity contribution in [1.29, 1.82) is 0 Å². The molecule has 12 heteroatoms. The molecular weight excluding hydrogens is 428 g/mol. The first kappa shape index (κ1) is 22.0. The molecule has 0 amide bonds. The Morgan fingerprint density at radius 2 is 1.79 bits per heavy atom. The average molecular weight is 450 g/mol. The first-order valence-electron chi connectivity index (χ1n) is 10.2. The summed E-state index contributed by atoms with van der Waals surface area (Å²) < 4.78 is 6.87. The molecule has 0 aliphatic rings. The second-order valence-corrected chi connectivity index (χ2v) is 8.31. The monoisotopic (exact) mass is 450 g/mol. The zero-order chi connectivity index (χ0) is 23.9. The van der Waals surface area contributed by atoms with Crippen molar-refractivity contribution in [3.05, 3.63) is 57.8 Å². The molecule has 0 saturated heterocycles. The molecule has 4 rings (SSSR count). The quantitative estimate of drug-likeness (QED) is 0.325. The number of ether oxygens (including phenoxy) is 1. The van der Waals surface area contributed by atoms with Crippen LogP contribution in [-0.2, 0) is 10.2 Å². The third kappa shape index (κ3) is 3.79. The molecule has 33 heavy (non-hydrogen) atoms. The zero-order valence-electron chi connectivity index (χ0n) is 18.8. The van der Waals surface area contributed by atoms with Gasteiger partial charge in [0.2, 0.25) is 0 Å². The van der Waals surface area contributed by atoms with Crippen molar-refractivity contribution >= 4 is 23.1 Å². The summed E-state index contributed by atoms with van der Waals surface area (Å²) in [6, 6.07) is 9.05. The average Bonchev–Trinajstić information content (AvgIpc) is 3.38. The summed E-state index contributed by atoms with van der Waals surface area (Å²) in [7, 11) is 0. The van der Waals surface area contributed by atoms with Crippen molar-refractivity contribution in [2.24, 2.45) is 10.2 Å². The van der Waals surface area contributed by atoms with Crippen molar-refractivity contribution in [2.45, 2.75) is 40.0 Å². The first-order valence-corrected chi connectivity index (χ1v) is 10.2. The Morgan fingerprint density at radius 3 is 2.42 bits per heavy atom. The van der Waals surface area contributed by atoms with Crippen LogP contribution in [0.15, 0.2) is 40.6 Å². The molecule has 0 unspecified atom stereocenters. The Hall–Kier alpha value is -4.22. The maximum Gasteiger partial charge on any atom is 0.344 e. The lowest BCUT2D eigenvalue weighted by Gasteiger charge is -2.16. The molecule has 0 N–H and O–H groups in total. The van der Waals surface area contributed by atoms with Gasteiger partial charge in [0.25, 0.3) is 0 Å². The smallest absolute Gasteiger partial charge is 0.344 e. The number of carbonyl (C=O) groups is 1. The van der Waals surface area contributed by atoms with Crippen LogP contribution in [0.3, 0.4) is 0 Å². The summed E-state index contributed by atoms with van der Waals surface area (Å²) >= 11 is 0. The van der Waals surface area contributed by atoms with E-state index in [4.69, 9.17) is 4.74 Å². The largest absolute Gasteiger partial charge is 0.803 e. The van der Waals surface area contributed by atoms with E-state index in [1.165, 1.54) is 11.6 Å². The number of nitrogens with zero attached hydrogens (tertiary/aromatic N) is 8. The number of esters is 1. The highest BCUT2D eigenvalue weighted by molar-refractivity contribution is 5.96. The van der Waals surface area contributed by atoms with Crippen LogP contribution in [-0.4, -0.2) is 42.1 Å². The number of hydrogen-bond donors (Lipinski definition) is 0. The summed E-state index contributed by atoms with van der Waals surface area (Å²) in [5.74, 6) is -0.887. The minimum Gasteiger partial charge on any atom is -0.803 e. The Balaban J connectivity index is 1.92. The van der Waals surface area contributed by atoms with Crippen molar-refractivity contribution in [2.75, 3.05) is 6.61 Å². The number of aryl methyl sites for hydroxylation is 1. The predicted molar refractivity (Wildman–Crippen MR) is 120 cm³/mol. The summed E-state index contributed by atoms with van der Waals surface area (Å²) in [6.45, 7) is 8.74. The Bertz CT molecular complexity index is 1360. The molecule has 3 heterocycles. The van der Waals surface area contributed by atoms with Crippen LogP contribution in [0, 0.1) is 17.3 Å². The first-order chi connectivity index (χ1) is 15.6. The van der Waals surface area contributed by atoms with Gasteiger partial charge in [-0.2, -0.15) is 5.10 Å². The van der Waals surface area contributed by atoms with E-state index in [1.54, 1.807) is 19.1 Å². The summed E-state index contributed by atoms with van der Waals surface area (Å²) in [5, 5.41) is 45.9. The van der Waals surface area contributed by atoms with Gasteiger partial charge in [-0.05, 0) is 13.8 Å². The van der Waals surface area contributed by atoms with Gasteiger partial charge in [0, 0.05) is 11.0 Å². The van der Waals surface area contributed by atoms with Crippen molar-refractivity contribution in [3.8, 4) is 11.3 Å². The number of rotatable bonds is 5. The molecule has 0 radical (unpaired) electrons. The summed E-state index contributed by atoms with van der Waals surface area (Å²) in [6.07, 6.45) is 0. The Kier molecular flexibility index (Phi) is 5.36. The molecule has 0 spiro atoms. The van der Waals surface area contributed by atoms with Crippen LogP contribution in [0.1, 0.15) is 49.6 Å². The van der Waals surface area contributed by atoms with E-state index in [2.05, 4.69) is 25.5 Å². The highest BCUT2D eigenvalue weighted by Gasteiger charge is 2.31. The van der Waals surface area contributed by atoms with E-state index in [0.717, 1.165) is 0 Å². The topological polar surface area (TPSA) is 150 Å². The van der Waals surface area contributed by atoms with Crippen LogP contribution in [0.2, 0.25) is 0 Å². The molecule has 4 aromatic rings.